The van der Waals surface area contributed by atoms with Crippen molar-refractivity contribution in [2.24, 2.45) is 0 Å². The molecule has 0 fully saturated rings. The van der Waals surface area contributed by atoms with Crippen molar-refractivity contribution in [1.29, 1.82) is 0 Å². The number of halogens is 1. The van der Waals surface area contributed by atoms with E-state index in [1.165, 1.54) is 23.5 Å². The van der Waals surface area contributed by atoms with Crippen LogP contribution in [0.4, 0.5) is 4.39 Å². The average Bonchev–Trinajstić information content (AvgIpc) is 3.40. The Morgan fingerprint density at radius 3 is 2.43 bits per heavy atom. The van der Waals surface area contributed by atoms with Crippen molar-refractivity contribution in [2.75, 3.05) is 0 Å². The Bertz CT molecular complexity index is 1270. The molecule has 0 aliphatic carbocycles. The monoisotopic (exact) mass is 388 g/mol. The lowest BCUT2D eigenvalue weighted by Crippen LogP contribution is -1.99. The first-order valence-electron chi connectivity index (χ1n) is 8.96. The molecule has 0 bridgehead atoms. The van der Waals surface area contributed by atoms with Gasteiger partial charge in [-0.1, -0.05) is 0 Å². The number of hydrogen-bond acceptors (Lipinski definition) is 3. The highest BCUT2D eigenvalue weighted by molar-refractivity contribution is 7.14. The van der Waals surface area contributed by atoms with Crippen molar-refractivity contribution in [3.63, 3.8) is 0 Å². The highest BCUT2D eigenvalue weighted by Crippen LogP contribution is 2.34. The van der Waals surface area contributed by atoms with Crippen molar-refractivity contribution in [3.05, 3.63) is 83.4 Å². The topological polar surface area (TPSA) is 35.1 Å². The molecular formula is C22H17FN4S. The molecule has 5 rings (SSSR count). The molecule has 0 amide bonds. The van der Waals surface area contributed by atoms with Gasteiger partial charge in [-0.3, -0.25) is 0 Å². The number of nitrogens with zero attached hydrogens (tertiary/aromatic N) is 4. The largest absolute Gasteiger partial charge is 0.317 e. The number of hydrogen-bond donors (Lipinski definition) is 0. The van der Waals surface area contributed by atoms with Crippen molar-refractivity contribution in [1.82, 2.24) is 19.2 Å². The molecule has 0 N–H and O–H groups in total. The van der Waals surface area contributed by atoms with Gasteiger partial charge in [-0.25, -0.2) is 13.9 Å². The number of rotatable bonds is 3. The average molecular weight is 388 g/mol. The van der Waals surface area contributed by atoms with E-state index in [1.54, 1.807) is 29.7 Å². The van der Waals surface area contributed by atoms with Crippen LogP contribution in [0, 0.1) is 19.7 Å². The van der Waals surface area contributed by atoms with Crippen molar-refractivity contribution in [3.8, 4) is 27.5 Å². The predicted molar refractivity (Wildman–Crippen MR) is 110 cm³/mol. The Labute approximate surface area is 165 Å². The van der Waals surface area contributed by atoms with Gasteiger partial charge in [0.15, 0.2) is 5.65 Å². The Balaban J connectivity index is 1.68. The first-order valence-corrected chi connectivity index (χ1v) is 9.84. The van der Waals surface area contributed by atoms with Gasteiger partial charge in [0.1, 0.15) is 11.5 Å². The zero-order chi connectivity index (χ0) is 19.3. The van der Waals surface area contributed by atoms with E-state index in [2.05, 4.69) is 47.0 Å². The van der Waals surface area contributed by atoms with E-state index in [0.717, 1.165) is 33.2 Å². The second-order valence-electron chi connectivity index (χ2n) is 6.72. The molecule has 0 spiro atoms. The first-order chi connectivity index (χ1) is 13.6. The van der Waals surface area contributed by atoms with Crippen LogP contribution < -0.4 is 0 Å². The van der Waals surface area contributed by atoms with E-state index in [0.29, 0.717) is 0 Å². The van der Waals surface area contributed by atoms with Gasteiger partial charge in [0.05, 0.1) is 16.3 Å². The lowest BCUT2D eigenvalue weighted by molar-refractivity contribution is 0.628. The number of benzene rings is 1. The minimum atomic E-state index is -0.254. The molecule has 138 valence electrons. The SMILES string of the molecule is Cc1ccc(C)n1-c1ccsc1-c1cc2nccc(-c3ccc(F)cc3)n2n1. The standard InChI is InChI=1S/C22H17FN4S/c1-14-3-4-15(2)26(14)20-10-12-28-22(20)18-13-21-24-11-9-19(27(21)25-18)16-5-7-17(23)8-6-16/h3-13H,1-2H3. The third-order valence-electron chi connectivity index (χ3n) is 4.89. The Kier molecular flexibility index (Phi) is 3.87. The van der Waals surface area contributed by atoms with Crippen molar-refractivity contribution >= 4 is 17.0 Å². The summed E-state index contributed by atoms with van der Waals surface area (Å²) >= 11 is 1.66. The van der Waals surface area contributed by atoms with E-state index >= 15 is 0 Å². The van der Waals surface area contributed by atoms with E-state index in [4.69, 9.17) is 5.10 Å². The normalized spacial score (nSPS) is 11.4. The van der Waals surface area contributed by atoms with Crippen LogP contribution in [0.5, 0.6) is 0 Å². The maximum absolute atomic E-state index is 13.3. The smallest absolute Gasteiger partial charge is 0.156 e. The molecule has 0 unspecified atom stereocenters. The summed E-state index contributed by atoms with van der Waals surface area (Å²) in [5.41, 5.74) is 6.90. The van der Waals surface area contributed by atoms with Gasteiger partial charge < -0.3 is 4.57 Å². The van der Waals surface area contributed by atoms with Crippen LogP contribution in [0.3, 0.4) is 0 Å². The minimum absolute atomic E-state index is 0.254. The summed E-state index contributed by atoms with van der Waals surface area (Å²) in [6.07, 6.45) is 1.76. The van der Waals surface area contributed by atoms with Gasteiger partial charge in [0.2, 0.25) is 0 Å². The van der Waals surface area contributed by atoms with Crippen LogP contribution in [0.25, 0.3) is 33.2 Å². The van der Waals surface area contributed by atoms with E-state index in [9.17, 15) is 4.39 Å². The van der Waals surface area contributed by atoms with Crippen LogP contribution in [-0.2, 0) is 0 Å². The molecule has 4 heterocycles. The second-order valence-corrected chi connectivity index (χ2v) is 7.64. The summed E-state index contributed by atoms with van der Waals surface area (Å²) in [5.74, 6) is -0.254. The highest BCUT2D eigenvalue weighted by atomic mass is 32.1. The van der Waals surface area contributed by atoms with E-state index in [1.807, 2.05) is 16.6 Å². The lowest BCUT2D eigenvalue weighted by atomic mass is 10.1. The molecule has 0 saturated carbocycles. The van der Waals surface area contributed by atoms with Gasteiger partial charge >= 0.3 is 0 Å². The molecule has 0 radical (unpaired) electrons. The molecule has 4 aromatic heterocycles. The third-order valence-corrected chi connectivity index (χ3v) is 5.81. The van der Waals surface area contributed by atoms with Crippen molar-refractivity contribution < 1.29 is 4.39 Å². The van der Waals surface area contributed by atoms with E-state index in [-0.39, 0.29) is 5.82 Å². The molecule has 0 atom stereocenters. The molecule has 6 heteroatoms. The molecule has 1 aromatic carbocycles. The summed E-state index contributed by atoms with van der Waals surface area (Å²) in [6.45, 7) is 4.21. The molecule has 28 heavy (non-hydrogen) atoms. The third kappa shape index (κ3) is 2.65. The second kappa shape index (κ2) is 6.42. The van der Waals surface area contributed by atoms with Gasteiger partial charge in [-0.2, -0.15) is 5.10 Å². The number of aromatic nitrogens is 4. The fourth-order valence-electron chi connectivity index (χ4n) is 3.56. The highest BCUT2D eigenvalue weighted by Gasteiger charge is 2.16. The summed E-state index contributed by atoms with van der Waals surface area (Å²) in [7, 11) is 0. The molecule has 0 aliphatic rings. The number of aryl methyl sites for hydroxylation is 2. The van der Waals surface area contributed by atoms with Crippen LogP contribution in [-0.4, -0.2) is 19.2 Å². The summed E-state index contributed by atoms with van der Waals surface area (Å²) in [6, 6.07) is 16.7. The lowest BCUT2D eigenvalue weighted by Gasteiger charge is -2.09. The fourth-order valence-corrected chi connectivity index (χ4v) is 4.40. The van der Waals surface area contributed by atoms with Crippen LogP contribution >= 0.6 is 11.3 Å². The van der Waals surface area contributed by atoms with Crippen LogP contribution in [0.1, 0.15) is 11.4 Å². The molecule has 4 nitrogen and oxygen atoms in total. The summed E-state index contributed by atoms with van der Waals surface area (Å²) < 4.78 is 17.4. The maximum Gasteiger partial charge on any atom is 0.156 e. The Morgan fingerprint density at radius 1 is 0.929 bits per heavy atom. The molecule has 0 saturated heterocycles. The number of thiophene rings is 1. The molecular weight excluding hydrogens is 371 g/mol. The minimum Gasteiger partial charge on any atom is -0.317 e. The maximum atomic E-state index is 13.3. The zero-order valence-corrected chi connectivity index (χ0v) is 16.2. The van der Waals surface area contributed by atoms with Crippen LogP contribution in [0.15, 0.2) is 66.2 Å². The summed E-state index contributed by atoms with van der Waals surface area (Å²) in [5, 5.41) is 6.93. The summed E-state index contributed by atoms with van der Waals surface area (Å²) in [4.78, 5) is 5.56. The zero-order valence-electron chi connectivity index (χ0n) is 15.4. The van der Waals surface area contributed by atoms with Gasteiger partial charge in [-0.15, -0.1) is 11.3 Å². The van der Waals surface area contributed by atoms with Gasteiger partial charge in [-0.05, 0) is 67.8 Å². The van der Waals surface area contributed by atoms with Crippen LogP contribution in [0.2, 0.25) is 0 Å². The van der Waals surface area contributed by atoms with Crippen molar-refractivity contribution in [2.45, 2.75) is 13.8 Å². The van der Waals surface area contributed by atoms with Gasteiger partial charge in [0.25, 0.3) is 0 Å². The first kappa shape index (κ1) is 16.9. The Hall–Kier alpha value is -3.25. The Morgan fingerprint density at radius 2 is 1.68 bits per heavy atom. The van der Waals surface area contributed by atoms with Gasteiger partial charge in [0, 0.05) is 29.2 Å². The fraction of sp³-hybridized carbons (Fsp3) is 0.0909. The molecule has 0 aliphatic heterocycles. The van der Waals surface area contributed by atoms with E-state index < -0.39 is 0 Å². The quantitative estimate of drug-likeness (QED) is 0.399. The predicted octanol–water partition coefficient (Wildman–Crippen LogP) is 5.67. The molecule has 5 aromatic rings. The number of fused-ring (bicyclic) bond motifs is 1.